The molecule has 162 valence electrons. The maximum Gasteiger partial charge on any atom is 0.319 e. The molecule has 2 unspecified atom stereocenters. The lowest BCUT2D eigenvalue weighted by molar-refractivity contribution is -0.0704. The average molecular weight is 405 g/mol. The maximum atomic E-state index is 12.3. The first kappa shape index (κ1) is 22.0. The van der Waals surface area contributed by atoms with Crippen molar-refractivity contribution in [3.8, 4) is 0 Å². The standard InChI is InChI=1S/C22H36N4O3/c1-18-15-26(16-19(2)29-18)17-20-7-3-4-8-21(20)24-22(27)23-9-5-6-10-25-11-13-28-14-12-25/h3-4,7-8,18-19H,5-6,9-17H2,1-2H3,(H2,23,24,27). The van der Waals surface area contributed by atoms with Crippen molar-refractivity contribution in [3.05, 3.63) is 29.8 Å². The summed E-state index contributed by atoms with van der Waals surface area (Å²) < 4.78 is 11.2. The zero-order valence-electron chi connectivity index (χ0n) is 17.9. The van der Waals surface area contributed by atoms with E-state index < -0.39 is 0 Å². The van der Waals surface area contributed by atoms with Gasteiger partial charge < -0.3 is 20.1 Å². The predicted octanol–water partition coefficient (Wildman–Crippen LogP) is 2.53. The number of morpholine rings is 2. The van der Waals surface area contributed by atoms with Crippen LogP contribution >= 0.6 is 0 Å². The van der Waals surface area contributed by atoms with Gasteiger partial charge in [0.25, 0.3) is 0 Å². The Kier molecular flexibility index (Phi) is 8.73. The largest absolute Gasteiger partial charge is 0.379 e. The van der Waals surface area contributed by atoms with Gasteiger partial charge in [0.1, 0.15) is 0 Å². The summed E-state index contributed by atoms with van der Waals surface area (Å²) in [5.41, 5.74) is 2.02. The number of carbonyl (C=O) groups excluding carboxylic acids is 1. The number of unbranched alkanes of at least 4 members (excludes halogenated alkanes) is 1. The average Bonchev–Trinajstić information content (AvgIpc) is 2.69. The normalized spacial score (nSPS) is 23.7. The topological polar surface area (TPSA) is 66.1 Å². The molecule has 0 saturated carbocycles. The number of urea groups is 1. The molecule has 0 spiro atoms. The van der Waals surface area contributed by atoms with Gasteiger partial charge in [0.2, 0.25) is 0 Å². The number of rotatable bonds is 8. The van der Waals surface area contributed by atoms with E-state index >= 15 is 0 Å². The van der Waals surface area contributed by atoms with Crippen molar-refractivity contribution in [2.24, 2.45) is 0 Å². The third-order valence-corrected chi connectivity index (χ3v) is 5.45. The highest BCUT2D eigenvalue weighted by Crippen LogP contribution is 2.20. The smallest absolute Gasteiger partial charge is 0.319 e. The Labute approximate surface area is 174 Å². The van der Waals surface area contributed by atoms with Gasteiger partial charge in [-0.2, -0.15) is 0 Å². The van der Waals surface area contributed by atoms with Crippen LogP contribution in [0.1, 0.15) is 32.3 Å². The van der Waals surface area contributed by atoms with E-state index in [4.69, 9.17) is 9.47 Å². The van der Waals surface area contributed by atoms with Gasteiger partial charge in [0.15, 0.2) is 0 Å². The van der Waals surface area contributed by atoms with Crippen LogP contribution in [0.25, 0.3) is 0 Å². The lowest BCUT2D eigenvalue weighted by Gasteiger charge is -2.35. The van der Waals surface area contributed by atoms with Gasteiger partial charge in [-0.25, -0.2) is 4.79 Å². The second-order valence-electron chi connectivity index (χ2n) is 8.15. The van der Waals surface area contributed by atoms with E-state index in [-0.39, 0.29) is 18.2 Å². The zero-order valence-corrected chi connectivity index (χ0v) is 17.9. The summed E-state index contributed by atoms with van der Waals surface area (Å²) in [5, 5.41) is 6.01. The van der Waals surface area contributed by atoms with Crippen molar-refractivity contribution in [1.29, 1.82) is 0 Å². The van der Waals surface area contributed by atoms with Crippen molar-refractivity contribution >= 4 is 11.7 Å². The fourth-order valence-corrected chi connectivity index (χ4v) is 4.09. The quantitative estimate of drug-likeness (QED) is 0.652. The number of hydrogen-bond donors (Lipinski definition) is 2. The summed E-state index contributed by atoms with van der Waals surface area (Å²) in [4.78, 5) is 17.2. The fraction of sp³-hybridized carbons (Fsp3) is 0.682. The van der Waals surface area contributed by atoms with Crippen LogP contribution in [0.15, 0.2) is 24.3 Å². The molecule has 0 aromatic heterocycles. The Bertz CT molecular complexity index is 626. The van der Waals surface area contributed by atoms with Gasteiger partial charge in [-0.15, -0.1) is 0 Å². The minimum absolute atomic E-state index is 0.132. The van der Waals surface area contributed by atoms with Crippen LogP contribution in [-0.4, -0.2) is 80.5 Å². The molecule has 2 N–H and O–H groups in total. The van der Waals surface area contributed by atoms with E-state index in [1.54, 1.807) is 0 Å². The first-order valence-electron chi connectivity index (χ1n) is 10.9. The number of ether oxygens (including phenoxy) is 2. The highest BCUT2D eigenvalue weighted by Gasteiger charge is 2.22. The molecular formula is C22H36N4O3. The van der Waals surface area contributed by atoms with E-state index in [2.05, 4.69) is 40.3 Å². The molecule has 0 bridgehead atoms. The first-order valence-corrected chi connectivity index (χ1v) is 10.9. The number of benzene rings is 1. The summed E-state index contributed by atoms with van der Waals surface area (Å²) in [6.07, 6.45) is 2.54. The van der Waals surface area contributed by atoms with Crippen molar-refractivity contribution in [2.45, 2.75) is 45.4 Å². The van der Waals surface area contributed by atoms with Gasteiger partial charge in [-0.1, -0.05) is 18.2 Å². The molecule has 2 fully saturated rings. The van der Waals surface area contributed by atoms with Crippen molar-refractivity contribution in [2.75, 3.05) is 57.8 Å². The number of nitrogens with zero attached hydrogens (tertiary/aromatic N) is 2. The number of para-hydroxylation sites is 1. The Hall–Kier alpha value is -1.67. The molecule has 2 aliphatic rings. The molecule has 7 nitrogen and oxygen atoms in total. The van der Waals surface area contributed by atoms with Crippen LogP contribution < -0.4 is 10.6 Å². The molecule has 3 rings (SSSR count). The molecule has 2 aliphatic heterocycles. The Morgan fingerprint density at radius 2 is 1.79 bits per heavy atom. The third kappa shape index (κ3) is 7.59. The van der Waals surface area contributed by atoms with Crippen molar-refractivity contribution < 1.29 is 14.3 Å². The Morgan fingerprint density at radius 1 is 1.07 bits per heavy atom. The number of anilines is 1. The van der Waals surface area contributed by atoms with Crippen LogP contribution in [0.3, 0.4) is 0 Å². The molecule has 1 aromatic rings. The second-order valence-corrected chi connectivity index (χ2v) is 8.15. The molecule has 0 aliphatic carbocycles. The van der Waals surface area contributed by atoms with Crippen molar-refractivity contribution in [3.63, 3.8) is 0 Å². The monoisotopic (exact) mass is 404 g/mol. The molecule has 29 heavy (non-hydrogen) atoms. The van der Waals surface area contributed by atoms with Crippen LogP contribution in [0, 0.1) is 0 Å². The molecule has 2 atom stereocenters. The molecule has 0 radical (unpaired) electrons. The second kappa shape index (κ2) is 11.5. The fourth-order valence-electron chi connectivity index (χ4n) is 4.09. The summed E-state index contributed by atoms with van der Waals surface area (Å²) in [7, 11) is 0. The molecular weight excluding hydrogens is 368 g/mol. The minimum atomic E-state index is -0.132. The molecule has 2 amide bonds. The summed E-state index contributed by atoms with van der Waals surface area (Å²) in [6, 6.07) is 7.92. The summed E-state index contributed by atoms with van der Waals surface area (Å²) >= 11 is 0. The SMILES string of the molecule is CC1CN(Cc2ccccc2NC(=O)NCCCCN2CCOCC2)CC(C)O1. The minimum Gasteiger partial charge on any atom is -0.379 e. The van der Waals surface area contributed by atoms with Gasteiger partial charge in [0, 0.05) is 45.0 Å². The van der Waals surface area contributed by atoms with E-state index in [9.17, 15) is 4.79 Å². The summed E-state index contributed by atoms with van der Waals surface area (Å²) in [6.45, 7) is 12.3. The molecule has 2 heterocycles. The number of hydrogen-bond acceptors (Lipinski definition) is 5. The molecule has 2 saturated heterocycles. The van der Waals surface area contributed by atoms with Crippen molar-refractivity contribution in [1.82, 2.24) is 15.1 Å². The van der Waals surface area contributed by atoms with Gasteiger partial charge in [-0.05, 0) is 44.9 Å². The van der Waals surface area contributed by atoms with Gasteiger partial charge >= 0.3 is 6.03 Å². The van der Waals surface area contributed by atoms with Gasteiger partial charge in [0.05, 0.1) is 25.4 Å². The molecule has 1 aromatic carbocycles. The highest BCUT2D eigenvalue weighted by molar-refractivity contribution is 5.90. The Morgan fingerprint density at radius 3 is 2.55 bits per heavy atom. The zero-order chi connectivity index (χ0) is 20.5. The summed E-state index contributed by atoms with van der Waals surface area (Å²) in [5.74, 6) is 0. The third-order valence-electron chi connectivity index (χ3n) is 5.45. The van der Waals surface area contributed by atoms with E-state index in [1.807, 2.05) is 18.2 Å². The molecule has 7 heteroatoms. The Balaban J connectivity index is 1.39. The highest BCUT2D eigenvalue weighted by atomic mass is 16.5. The van der Waals surface area contributed by atoms with Crippen LogP contribution in [0.5, 0.6) is 0 Å². The van der Waals surface area contributed by atoms with Gasteiger partial charge in [-0.3, -0.25) is 9.80 Å². The van der Waals surface area contributed by atoms with E-state index in [1.165, 1.54) is 0 Å². The van der Waals surface area contributed by atoms with Crippen LogP contribution in [0.2, 0.25) is 0 Å². The lowest BCUT2D eigenvalue weighted by Crippen LogP contribution is -2.45. The maximum absolute atomic E-state index is 12.3. The number of amides is 2. The number of nitrogens with one attached hydrogen (secondary N) is 2. The lowest BCUT2D eigenvalue weighted by atomic mass is 10.1. The predicted molar refractivity (Wildman–Crippen MR) is 115 cm³/mol. The number of carbonyl (C=O) groups is 1. The van der Waals surface area contributed by atoms with E-state index in [0.29, 0.717) is 6.54 Å². The first-order chi connectivity index (χ1) is 14.1. The van der Waals surface area contributed by atoms with E-state index in [0.717, 1.165) is 76.6 Å². The van der Waals surface area contributed by atoms with Crippen LogP contribution in [0.4, 0.5) is 10.5 Å². The van der Waals surface area contributed by atoms with Crippen LogP contribution in [-0.2, 0) is 16.0 Å².